The summed E-state index contributed by atoms with van der Waals surface area (Å²) in [6, 6.07) is 6.99. The van der Waals surface area contributed by atoms with Gasteiger partial charge in [-0.3, -0.25) is 28.9 Å². The molecule has 4 rings (SSSR count). The maximum Gasteiger partial charge on any atom is 0.306 e. The third-order valence-electron chi connectivity index (χ3n) is 12.9. The number of aldehydes is 2. The second-order valence-corrected chi connectivity index (χ2v) is 21.3. The third kappa shape index (κ3) is 28.5. The van der Waals surface area contributed by atoms with Gasteiger partial charge in [0.05, 0.1) is 66.8 Å². The fourth-order valence-corrected chi connectivity index (χ4v) is 9.58. The van der Waals surface area contributed by atoms with Crippen molar-refractivity contribution >= 4 is 54.2 Å². The molecule has 0 radical (unpaired) electrons. The van der Waals surface area contributed by atoms with Gasteiger partial charge >= 0.3 is 5.97 Å². The molecule has 0 aromatic heterocycles. The highest BCUT2D eigenvalue weighted by Crippen LogP contribution is 2.26. The second-order valence-electron chi connectivity index (χ2n) is 19.6. The largest absolute Gasteiger partial charge is 0.497 e. The summed E-state index contributed by atoms with van der Waals surface area (Å²) < 4.78 is 29.4. The number of nitrogens with one attached hydrogen (secondary N) is 3. The Morgan fingerprint density at radius 1 is 0.811 bits per heavy atom. The minimum Gasteiger partial charge on any atom is -0.497 e. The molecule has 3 aliphatic rings. The first-order valence-corrected chi connectivity index (χ1v) is 27.5. The van der Waals surface area contributed by atoms with E-state index < -0.39 is 35.0 Å². The van der Waals surface area contributed by atoms with Crippen molar-refractivity contribution in [2.75, 3.05) is 82.7 Å². The summed E-state index contributed by atoms with van der Waals surface area (Å²) in [4.78, 5) is 85.0. The molecule has 4 unspecified atom stereocenters. The Bertz CT molecular complexity index is 1700. The molecule has 9 atom stereocenters. The average molecular weight is 1070 g/mol. The maximum atomic E-state index is 12.7. The summed E-state index contributed by atoms with van der Waals surface area (Å²) >= 11 is 0. The minimum atomic E-state index is -0.740. The maximum absolute atomic E-state index is 12.7. The minimum absolute atomic E-state index is 0.0906. The quantitative estimate of drug-likeness (QED) is 0.0959. The highest BCUT2D eigenvalue weighted by atomic mass is 32.2. The summed E-state index contributed by atoms with van der Waals surface area (Å²) in [5.41, 5.74) is 0.923. The first kappa shape index (κ1) is 71.7. The fraction of sp³-hybridized carbons (Fsp3) is 0.759. The first-order valence-electron chi connectivity index (χ1n) is 26.3. The normalized spacial score (nSPS) is 18.3. The summed E-state index contributed by atoms with van der Waals surface area (Å²) in [5, 5.41) is 14.4. The van der Waals surface area contributed by atoms with Crippen molar-refractivity contribution in [3.8, 4) is 5.75 Å². The molecular formula is C54H99N7O12S. The molecule has 19 nitrogen and oxygen atoms in total. The number of carbonyl (C=O) groups excluding carboxylic acids is 6. The molecule has 3 fully saturated rings. The number of likely N-dealkylation sites (N-methyl/N-ethyl adjacent to an activating group) is 2. The van der Waals surface area contributed by atoms with Crippen LogP contribution in [0.1, 0.15) is 119 Å². The van der Waals surface area contributed by atoms with E-state index in [1.807, 2.05) is 64.2 Å². The Morgan fingerprint density at radius 2 is 1.39 bits per heavy atom. The van der Waals surface area contributed by atoms with E-state index in [0.717, 1.165) is 62.5 Å². The van der Waals surface area contributed by atoms with Crippen LogP contribution in [0, 0.1) is 23.7 Å². The molecule has 1 aromatic rings. The first-order chi connectivity index (χ1) is 35.1. The lowest BCUT2D eigenvalue weighted by atomic mass is 9.92. The van der Waals surface area contributed by atoms with E-state index in [1.54, 1.807) is 38.0 Å². The van der Waals surface area contributed by atoms with E-state index >= 15 is 0 Å². The lowest BCUT2D eigenvalue weighted by Gasteiger charge is -2.35. The number of methoxy groups -OCH3 is 3. The molecule has 74 heavy (non-hydrogen) atoms. The molecule has 2 saturated heterocycles. The van der Waals surface area contributed by atoms with Crippen LogP contribution in [0.5, 0.6) is 5.75 Å². The predicted molar refractivity (Wildman–Crippen MR) is 294 cm³/mol. The number of amides is 4. The Balaban J connectivity index is 0. The highest BCUT2D eigenvalue weighted by Gasteiger charge is 2.38. The Morgan fingerprint density at radius 3 is 1.76 bits per heavy atom. The van der Waals surface area contributed by atoms with Gasteiger partial charge in [-0.25, -0.2) is 8.93 Å². The predicted octanol–water partition coefficient (Wildman–Crippen LogP) is 4.86. The van der Waals surface area contributed by atoms with Gasteiger partial charge in [0.1, 0.15) is 18.3 Å². The molecule has 0 spiro atoms. The summed E-state index contributed by atoms with van der Waals surface area (Å²) in [5.74, 6) is -0.155. The van der Waals surface area contributed by atoms with Crippen LogP contribution < -0.4 is 20.1 Å². The number of benzene rings is 1. The fourth-order valence-electron chi connectivity index (χ4n) is 8.68. The number of rotatable bonds is 25. The molecule has 4 N–H and O–H groups in total. The molecular weight excluding hydrogens is 971 g/mol. The highest BCUT2D eigenvalue weighted by molar-refractivity contribution is 7.83. The van der Waals surface area contributed by atoms with Gasteiger partial charge in [0.15, 0.2) is 0 Å². The Kier molecular flexibility index (Phi) is 40.6. The number of carboxylic acid groups (broad SMARTS) is 1. The standard InChI is InChI=1S/C20H28N2O5.C11H25NO.C9H18N2O2.C7H11NO3.C4H9NOS.C3H8/c1-14(19(27-3)18-5-4-10-22(18)13-24)20(25)21-16(12-23)11-15-6-8-17(26-2)9-7-15;1-7-9(3)11(12(4)5)10(8-2)13-6;1-7(2)8(11(3)4)9(13)10-5-6-12;9-5-8-3-1-6(2-4-8)7(10)11;1-5-7(6)4-2-3-4;1-3-2/h6-9,12-14,16,18-19H,4-5,10-11H2,1-3H3,(H,21,25);9-11H,7-8H2,1-6H3;6-8H,5H2,1-4H3,(H,10,13);5-6H,1-4H2,(H,10,11);4-5H,2-3H2,1H3;3H2,1-2H3/t14-,16+,18+,19-;9?,10-,11?;;;;/m11..../s1. The van der Waals surface area contributed by atoms with Gasteiger partial charge in [-0.05, 0) is 116 Å². The molecule has 1 aromatic carbocycles. The van der Waals surface area contributed by atoms with E-state index in [4.69, 9.17) is 19.3 Å². The zero-order chi connectivity index (χ0) is 56.9. The lowest BCUT2D eigenvalue weighted by molar-refractivity contribution is -0.144. The monoisotopic (exact) mass is 1070 g/mol. The number of nitrogens with zero attached hydrogens (tertiary/aromatic N) is 4. The van der Waals surface area contributed by atoms with Crippen molar-refractivity contribution in [2.24, 2.45) is 23.7 Å². The number of carboxylic acids is 1. The molecule has 20 heteroatoms. The van der Waals surface area contributed by atoms with E-state index in [2.05, 4.69) is 69.0 Å². The molecule has 0 bridgehead atoms. The Labute approximate surface area is 447 Å². The molecule has 2 aliphatic heterocycles. The van der Waals surface area contributed by atoms with Gasteiger partial charge in [0.25, 0.3) is 0 Å². The van der Waals surface area contributed by atoms with Crippen LogP contribution in [-0.2, 0) is 60.4 Å². The topological polar surface area (TPSA) is 234 Å². The van der Waals surface area contributed by atoms with Crippen LogP contribution in [0.15, 0.2) is 24.3 Å². The Hall–Kier alpha value is -4.34. The number of ether oxygens (including phenoxy) is 3. The summed E-state index contributed by atoms with van der Waals surface area (Å²) in [7, 11) is 13.9. The van der Waals surface area contributed by atoms with Gasteiger partial charge in [-0.1, -0.05) is 80.4 Å². The zero-order valence-electron chi connectivity index (χ0n) is 48.0. The van der Waals surface area contributed by atoms with E-state index in [0.29, 0.717) is 68.5 Å². The summed E-state index contributed by atoms with van der Waals surface area (Å²) in [6.07, 6.45) is 12.1. The second kappa shape index (κ2) is 41.9. The van der Waals surface area contributed by atoms with Crippen LogP contribution in [0.2, 0.25) is 0 Å². The van der Waals surface area contributed by atoms with Gasteiger partial charge < -0.3 is 54.2 Å². The van der Waals surface area contributed by atoms with Gasteiger partial charge in [-0.2, -0.15) is 0 Å². The molecule has 1 saturated carbocycles. The van der Waals surface area contributed by atoms with Gasteiger partial charge in [0, 0.05) is 45.1 Å². The van der Waals surface area contributed by atoms with Crippen molar-refractivity contribution in [3.63, 3.8) is 0 Å². The van der Waals surface area contributed by atoms with Crippen molar-refractivity contribution in [1.29, 1.82) is 0 Å². The van der Waals surface area contributed by atoms with Crippen LogP contribution in [0.3, 0.4) is 0 Å². The van der Waals surface area contributed by atoms with Crippen molar-refractivity contribution in [1.82, 2.24) is 35.0 Å². The SMILES string of the molecule is CC(C)C(C(=O)NCC=O)N(C)C.CCC.CCC(C)C([C@@H](CC)OC)N(C)C.CNS(=O)C1CC1.COc1ccc(C[C@@H](C=O)NC(=O)[C@H](C)[C@@H](OC)[C@@H]2CCCN2C=O)cc1.O=CN1CCC(C(=O)O)CC1. The van der Waals surface area contributed by atoms with Gasteiger partial charge in [0.2, 0.25) is 24.6 Å². The van der Waals surface area contributed by atoms with Gasteiger partial charge in [-0.15, -0.1) is 0 Å². The van der Waals surface area contributed by atoms with Crippen molar-refractivity contribution in [3.05, 3.63) is 29.8 Å². The number of likely N-dealkylation sites (tertiary alicyclic amines) is 2. The number of piperidine rings is 1. The third-order valence-corrected chi connectivity index (χ3v) is 14.4. The van der Waals surface area contributed by atoms with Crippen LogP contribution in [-0.4, -0.2) is 196 Å². The lowest BCUT2D eigenvalue weighted by Crippen LogP contribution is -2.49. The van der Waals surface area contributed by atoms with Crippen LogP contribution >= 0.6 is 0 Å². The molecule has 1 aliphatic carbocycles. The number of aliphatic carboxylic acids is 1. The van der Waals surface area contributed by atoms with E-state index in [9.17, 15) is 37.8 Å². The van der Waals surface area contributed by atoms with Crippen molar-refractivity contribution in [2.45, 2.75) is 161 Å². The molecule has 4 amide bonds. The zero-order valence-corrected chi connectivity index (χ0v) is 48.8. The van der Waals surface area contributed by atoms with E-state index in [-0.39, 0.29) is 42.3 Å². The van der Waals surface area contributed by atoms with Crippen LogP contribution in [0.25, 0.3) is 0 Å². The summed E-state index contributed by atoms with van der Waals surface area (Å²) in [6.45, 7) is 18.6. The number of hydrogen-bond donors (Lipinski definition) is 4. The van der Waals surface area contributed by atoms with E-state index in [1.165, 1.54) is 12.8 Å². The average Bonchev–Trinajstić information content (AvgIpc) is 4.14. The molecule has 428 valence electrons. The van der Waals surface area contributed by atoms with Crippen molar-refractivity contribution < 1.29 is 57.1 Å². The molecule has 2 heterocycles. The number of carbonyl (C=O) groups is 7. The smallest absolute Gasteiger partial charge is 0.306 e. The van der Waals surface area contributed by atoms with Crippen LogP contribution in [0.4, 0.5) is 0 Å². The number of hydrogen-bond acceptors (Lipinski definition) is 13.